The Morgan fingerprint density at radius 1 is 1.03 bits per heavy atom. The minimum absolute atomic E-state index is 0.149. The number of ether oxygens (including phenoxy) is 1. The quantitative estimate of drug-likeness (QED) is 0.375. The van der Waals surface area contributed by atoms with Crippen LogP contribution in [0, 0.1) is 6.92 Å². The van der Waals surface area contributed by atoms with Gasteiger partial charge in [0.2, 0.25) is 0 Å². The first-order valence-electron chi connectivity index (χ1n) is 10.8. The van der Waals surface area contributed by atoms with Gasteiger partial charge >= 0.3 is 5.97 Å². The number of amides is 1. The maximum Gasteiger partial charge on any atom is 0.338 e. The molecule has 1 atom stereocenters. The molecule has 8 heteroatoms. The molecule has 0 aliphatic carbocycles. The largest absolute Gasteiger partial charge is 0.452 e. The lowest BCUT2D eigenvalue weighted by Gasteiger charge is -2.37. The average Bonchev–Trinajstić information content (AvgIpc) is 3.33. The molecule has 0 spiro atoms. The van der Waals surface area contributed by atoms with E-state index in [1.807, 2.05) is 54.6 Å². The van der Waals surface area contributed by atoms with Crippen LogP contribution in [0.15, 0.2) is 88.3 Å². The molecule has 34 heavy (non-hydrogen) atoms. The standard InChI is InChI=1S/C26H21N3O4S/c1-17-27-25(33-28-17)19-11-13-20(14-12-19)26(31)32-15-24(30)29-21-9-5-6-10-23(21)34-16-22(29)18-7-3-2-4-8-18/h2-14,22H,15-16H2,1H3. The molecule has 1 amide bonds. The fourth-order valence-corrected chi connectivity index (χ4v) is 5.03. The Labute approximate surface area is 200 Å². The predicted molar refractivity (Wildman–Crippen MR) is 129 cm³/mol. The highest BCUT2D eigenvalue weighted by atomic mass is 32.2. The number of hydrogen-bond acceptors (Lipinski definition) is 7. The zero-order chi connectivity index (χ0) is 23.5. The van der Waals surface area contributed by atoms with Crippen LogP contribution in [-0.4, -0.2) is 34.4 Å². The van der Waals surface area contributed by atoms with E-state index >= 15 is 0 Å². The molecule has 0 fully saturated rings. The molecule has 1 aliphatic rings. The van der Waals surface area contributed by atoms with Crippen LogP contribution in [0.5, 0.6) is 0 Å². The number of anilines is 1. The number of nitrogens with zero attached hydrogens (tertiary/aromatic N) is 3. The second-order valence-corrected chi connectivity index (χ2v) is 8.83. The molecule has 5 rings (SSSR count). The fraction of sp³-hybridized carbons (Fsp3) is 0.154. The summed E-state index contributed by atoms with van der Waals surface area (Å²) in [5, 5.41) is 3.77. The molecule has 1 aromatic heterocycles. The number of rotatable bonds is 5. The summed E-state index contributed by atoms with van der Waals surface area (Å²) >= 11 is 1.72. The molecule has 0 saturated heterocycles. The highest BCUT2D eigenvalue weighted by Crippen LogP contribution is 2.43. The number of aryl methyl sites for hydroxylation is 1. The van der Waals surface area contributed by atoms with Gasteiger partial charge in [-0.15, -0.1) is 11.8 Å². The summed E-state index contributed by atoms with van der Waals surface area (Å²) in [4.78, 5) is 32.9. The van der Waals surface area contributed by atoms with E-state index in [4.69, 9.17) is 9.26 Å². The van der Waals surface area contributed by atoms with E-state index in [0.717, 1.165) is 21.9 Å². The SMILES string of the molecule is Cc1noc(-c2ccc(C(=O)OCC(=O)N3c4ccccc4SCC3c3ccccc3)cc2)n1. The fourth-order valence-electron chi connectivity index (χ4n) is 3.86. The Balaban J connectivity index is 1.31. The second-order valence-electron chi connectivity index (χ2n) is 7.77. The van der Waals surface area contributed by atoms with E-state index in [9.17, 15) is 9.59 Å². The van der Waals surface area contributed by atoms with E-state index in [2.05, 4.69) is 10.1 Å². The Hall–Kier alpha value is -3.91. The molecule has 0 N–H and O–H groups in total. The second kappa shape index (κ2) is 9.52. The highest BCUT2D eigenvalue weighted by Gasteiger charge is 2.33. The minimum atomic E-state index is -0.572. The summed E-state index contributed by atoms with van der Waals surface area (Å²) in [6, 6.07) is 24.2. The number of carbonyl (C=O) groups is 2. The van der Waals surface area contributed by atoms with Gasteiger partial charge in [0.15, 0.2) is 12.4 Å². The van der Waals surface area contributed by atoms with Crippen LogP contribution < -0.4 is 4.90 Å². The lowest BCUT2D eigenvalue weighted by molar-refractivity contribution is -0.122. The van der Waals surface area contributed by atoms with E-state index in [0.29, 0.717) is 22.8 Å². The van der Waals surface area contributed by atoms with Crippen LogP contribution in [0.1, 0.15) is 27.8 Å². The smallest absolute Gasteiger partial charge is 0.338 e. The van der Waals surface area contributed by atoms with Crippen molar-refractivity contribution in [3.8, 4) is 11.5 Å². The van der Waals surface area contributed by atoms with Crippen molar-refractivity contribution in [2.24, 2.45) is 0 Å². The van der Waals surface area contributed by atoms with E-state index in [-0.39, 0.29) is 18.6 Å². The summed E-state index contributed by atoms with van der Waals surface area (Å²) in [6.07, 6.45) is 0. The van der Waals surface area contributed by atoms with Crippen LogP contribution in [0.4, 0.5) is 5.69 Å². The van der Waals surface area contributed by atoms with Crippen molar-refractivity contribution >= 4 is 29.3 Å². The van der Waals surface area contributed by atoms with Crippen LogP contribution in [0.25, 0.3) is 11.5 Å². The van der Waals surface area contributed by atoms with Crippen molar-refractivity contribution in [1.29, 1.82) is 0 Å². The van der Waals surface area contributed by atoms with E-state index in [1.165, 1.54) is 0 Å². The van der Waals surface area contributed by atoms with Gasteiger partial charge in [-0.2, -0.15) is 4.98 Å². The molecule has 4 aromatic rings. The maximum atomic E-state index is 13.3. The number of esters is 1. The molecule has 3 aromatic carbocycles. The van der Waals surface area contributed by atoms with Crippen LogP contribution in [-0.2, 0) is 9.53 Å². The first kappa shape index (κ1) is 21.9. The third kappa shape index (κ3) is 4.45. The van der Waals surface area contributed by atoms with Crippen LogP contribution in [0.2, 0.25) is 0 Å². The minimum Gasteiger partial charge on any atom is -0.452 e. The predicted octanol–water partition coefficient (Wildman–Crippen LogP) is 5.08. The van der Waals surface area contributed by atoms with Gasteiger partial charge in [-0.3, -0.25) is 9.69 Å². The van der Waals surface area contributed by atoms with Gasteiger partial charge < -0.3 is 9.26 Å². The maximum absolute atomic E-state index is 13.3. The molecule has 7 nitrogen and oxygen atoms in total. The van der Waals surface area contributed by atoms with Crippen molar-refractivity contribution < 1.29 is 18.8 Å². The van der Waals surface area contributed by atoms with Crippen molar-refractivity contribution in [3.63, 3.8) is 0 Å². The lowest BCUT2D eigenvalue weighted by Crippen LogP contribution is -2.41. The van der Waals surface area contributed by atoms with Gasteiger partial charge in [0.25, 0.3) is 11.8 Å². The van der Waals surface area contributed by atoms with Gasteiger partial charge in [0.1, 0.15) is 0 Å². The van der Waals surface area contributed by atoms with Crippen LogP contribution >= 0.6 is 11.8 Å². The Morgan fingerprint density at radius 2 is 1.76 bits per heavy atom. The lowest BCUT2D eigenvalue weighted by atomic mass is 10.1. The number of aromatic nitrogens is 2. The van der Waals surface area contributed by atoms with Crippen molar-refractivity contribution in [2.75, 3.05) is 17.3 Å². The molecule has 2 heterocycles. The number of fused-ring (bicyclic) bond motifs is 1. The van der Waals surface area contributed by atoms with Gasteiger partial charge in [0.05, 0.1) is 17.3 Å². The first-order chi connectivity index (χ1) is 16.6. The van der Waals surface area contributed by atoms with Crippen LogP contribution in [0.3, 0.4) is 0 Å². The number of thioether (sulfide) groups is 1. The summed E-state index contributed by atoms with van der Waals surface area (Å²) < 4.78 is 10.5. The third-order valence-electron chi connectivity index (χ3n) is 5.51. The zero-order valence-corrected chi connectivity index (χ0v) is 19.2. The van der Waals surface area contributed by atoms with Gasteiger partial charge in [-0.1, -0.05) is 47.6 Å². The van der Waals surface area contributed by atoms with E-state index < -0.39 is 5.97 Å². The number of para-hydroxylation sites is 1. The summed E-state index contributed by atoms with van der Waals surface area (Å²) in [6.45, 7) is 1.38. The Kier molecular flexibility index (Phi) is 6.14. The number of carbonyl (C=O) groups excluding carboxylic acids is 2. The summed E-state index contributed by atoms with van der Waals surface area (Å²) in [5.41, 5.74) is 2.90. The molecule has 1 unspecified atom stereocenters. The summed E-state index contributed by atoms with van der Waals surface area (Å²) in [7, 11) is 0. The molecule has 1 aliphatic heterocycles. The molecule has 0 bridgehead atoms. The normalized spacial score (nSPS) is 15.0. The third-order valence-corrected chi connectivity index (χ3v) is 6.65. The zero-order valence-electron chi connectivity index (χ0n) is 18.4. The molecular formula is C26H21N3O4S. The molecular weight excluding hydrogens is 450 g/mol. The van der Waals surface area contributed by atoms with Gasteiger partial charge in [0, 0.05) is 16.2 Å². The van der Waals surface area contributed by atoms with Crippen molar-refractivity contribution in [3.05, 3.63) is 95.8 Å². The first-order valence-corrected chi connectivity index (χ1v) is 11.8. The highest BCUT2D eigenvalue weighted by molar-refractivity contribution is 7.99. The monoisotopic (exact) mass is 471 g/mol. The number of benzene rings is 3. The summed E-state index contributed by atoms with van der Waals surface area (Å²) in [5.74, 6) is 0.784. The molecule has 170 valence electrons. The topological polar surface area (TPSA) is 85.5 Å². The van der Waals surface area contributed by atoms with Gasteiger partial charge in [-0.25, -0.2) is 4.79 Å². The molecule has 0 radical (unpaired) electrons. The van der Waals surface area contributed by atoms with Crippen molar-refractivity contribution in [2.45, 2.75) is 17.9 Å². The van der Waals surface area contributed by atoms with E-state index in [1.54, 1.807) is 47.9 Å². The Bertz CT molecular complexity index is 1320. The van der Waals surface area contributed by atoms with Gasteiger partial charge in [-0.05, 0) is 48.9 Å². The van der Waals surface area contributed by atoms with Crippen molar-refractivity contribution in [1.82, 2.24) is 10.1 Å². The number of hydrogen-bond donors (Lipinski definition) is 0. The Morgan fingerprint density at radius 3 is 2.50 bits per heavy atom. The average molecular weight is 472 g/mol. The molecule has 0 saturated carbocycles.